The van der Waals surface area contributed by atoms with E-state index in [-0.39, 0.29) is 11.7 Å². The fourth-order valence-electron chi connectivity index (χ4n) is 1.65. The molecule has 0 aliphatic heterocycles. The molecule has 0 aliphatic carbocycles. The van der Waals surface area contributed by atoms with Gasteiger partial charge in [-0.05, 0) is 23.6 Å². The van der Waals surface area contributed by atoms with Gasteiger partial charge in [-0.3, -0.25) is 9.59 Å². The number of hydrogen-bond donors (Lipinski definition) is 2. The first-order chi connectivity index (χ1) is 9.93. The number of carbonyl (C=O) groups is 2. The maximum absolute atomic E-state index is 11.8. The van der Waals surface area contributed by atoms with E-state index in [0.717, 1.165) is 5.69 Å². The molecule has 3 N–H and O–H groups in total. The number of rotatable bonds is 7. The molecule has 0 aliphatic rings. The van der Waals surface area contributed by atoms with E-state index in [1.54, 1.807) is 0 Å². The molecule has 0 radical (unpaired) electrons. The van der Waals surface area contributed by atoms with Gasteiger partial charge in [-0.15, -0.1) is 11.8 Å². The number of methoxy groups -OCH3 is 1. The summed E-state index contributed by atoms with van der Waals surface area (Å²) in [5.41, 5.74) is 7.58. The second-order valence-corrected chi connectivity index (χ2v) is 6.00. The van der Waals surface area contributed by atoms with Crippen molar-refractivity contribution in [3.8, 4) is 0 Å². The average Bonchev–Trinajstić information content (AvgIpc) is 2.46. The lowest BCUT2D eigenvalue weighted by molar-refractivity contribution is -0.141. The molecule has 5 nitrogen and oxygen atoms in total. The highest BCUT2D eigenvalue weighted by Gasteiger charge is 2.14. The molecule has 1 rings (SSSR count). The van der Waals surface area contributed by atoms with E-state index in [1.807, 2.05) is 24.3 Å². The molecule has 0 fully saturated rings. The summed E-state index contributed by atoms with van der Waals surface area (Å²) in [6.07, 6.45) is 0. The molecule has 0 spiro atoms. The zero-order chi connectivity index (χ0) is 15.8. The van der Waals surface area contributed by atoms with Gasteiger partial charge in [0.2, 0.25) is 5.91 Å². The van der Waals surface area contributed by atoms with Gasteiger partial charge in [0.25, 0.3) is 0 Å². The number of thioether (sulfide) groups is 1. The van der Waals surface area contributed by atoms with Crippen LogP contribution < -0.4 is 11.1 Å². The minimum Gasteiger partial charge on any atom is -0.468 e. The average molecular weight is 310 g/mol. The lowest BCUT2D eigenvalue weighted by Crippen LogP contribution is -2.34. The Hall–Kier alpha value is -1.53. The molecule has 0 heterocycles. The van der Waals surface area contributed by atoms with Gasteiger partial charge in [-0.1, -0.05) is 26.0 Å². The van der Waals surface area contributed by atoms with Gasteiger partial charge in [-0.25, -0.2) is 0 Å². The van der Waals surface area contributed by atoms with Crippen molar-refractivity contribution in [2.75, 3.05) is 23.9 Å². The summed E-state index contributed by atoms with van der Waals surface area (Å²) >= 11 is 1.30. The third-order valence-corrected chi connectivity index (χ3v) is 3.96. The Bertz CT molecular complexity index is 474. The third kappa shape index (κ3) is 6.18. The number of esters is 1. The van der Waals surface area contributed by atoms with Crippen LogP contribution in [-0.2, 0) is 14.3 Å². The van der Waals surface area contributed by atoms with Crippen molar-refractivity contribution in [2.24, 2.45) is 5.73 Å². The molecule has 6 heteroatoms. The standard InChI is InChI=1S/C15H22N2O3S/c1-10(2)11-4-6-12(7-5-11)17-14(18)9-21-8-13(16)15(19)20-3/h4-7,10,13H,8-9,16H2,1-3H3,(H,17,18). The molecule has 0 saturated carbocycles. The van der Waals surface area contributed by atoms with Crippen LogP contribution in [0.3, 0.4) is 0 Å². The number of carbonyl (C=O) groups excluding carboxylic acids is 2. The lowest BCUT2D eigenvalue weighted by atomic mass is 10.0. The highest BCUT2D eigenvalue weighted by atomic mass is 32.2. The monoisotopic (exact) mass is 310 g/mol. The predicted molar refractivity (Wildman–Crippen MR) is 86.5 cm³/mol. The molecule has 1 aromatic carbocycles. The number of ether oxygens (including phenoxy) is 1. The Kier molecular flexibility index (Phi) is 7.25. The first-order valence-corrected chi connectivity index (χ1v) is 7.90. The summed E-state index contributed by atoms with van der Waals surface area (Å²) in [5.74, 6) is 0.481. The molecule has 1 unspecified atom stereocenters. The minimum absolute atomic E-state index is 0.116. The number of nitrogens with one attached hydrogen (secondary N) is 1. The zero-order valence-corrected chi connectivity index (χ0v) is 13.4. The zero-order valence-electron chi connectivity index (χ0n) is 12.6. The van der Waals surface area contributed by atoms with Crippen molar-refractivity contribution in [1.82, 2.24) is 0 Å². The Balaban J connectivity index is 2.35. The highest BCUT2D eigenvalue weighted by molar-refractivity contribution is 8.00. The molecular weight excluding hydrogens is 288 g/mol. The van der Waals surface area contributed by atoms with E-state index < -0.39 is 12.0 Å². The summed E-state index contributed by atoms with van der Waals surface area (Å²) in [6, 6.07) is 7.08. The molecule has 0 aromatic heterocycles. The van der Waals surface area contributed by atoms with Crippen molar-refractivity contribution in [3.05, 3.63) is 29.8 Å². The quantitative estimate of drug-likeness (QED) is 0.753. The topological polar surface area (TPSA) is 81.4 Å². The van der Waals surface area contributed by atoms with Crippen molar-refractivity contribution in [1.29, 1.82) is 0 Å². The van der Waals surface area contributed by atoms with E-state index in [1.165, 1.54) is 24.4 Å². The number of nitrogens with two attached hydrogens (primary N) is 1. The number of anilines is 1. The summed E-state index contributed by atoms with van der Waals surface area (Å²) in [6.45, 7) is 4.24. The van der Waals surface area contributed by atoms with Crippen molar-refractivity contribution in [3.63, 3.8) is 0 Å². The van der Waals surface area contributed by atoms with Crippen LogP contribution >= 0.6 is 11.8 Å². The Morgan fingerprint density at radius 1 is 1.29 bits per heavy atom. The second kappa shape index (κ2) is 8.69. The van der Waals surface area contributed by atoms with E-state index in [2.05, 4.69) is 23.9 Å². The van der Waals surface area contributed by atoms with Crippen molar-refractivity contribution >= 4 is 29.3 Å². The lowest BCUT2D eigenvalue weighted by Gasteiger charge is -2.10. The molecule has 21 heavy (non-hydrogen) atoms. The van der Waals surface area contributed by atoms with Crippen LogP contribution in [-0.4, -0.2) is 36.5 Å². The van der Waals surface area contributed by atoms with Crippen molar-refractivity contribution in [2.45, 2.75) is 25.8 Å². The smallest absolute Gasteiger partial charge is 0.323 e. The van der Waals surface area contributed by atoms with Crippen LogP contribution in [0.2, 0.25) is 0 Å². The SMILES string of the molecule is COC(=O)C(N)CSCC(=O)Nc1ccc(C(C)C)cc1. The minimum atomic E-state index is -0.696. The molecule has 1 atom stereocenters. The number of benzene rings is 1. The fraction of sp³-hybridized carbons (Fsp3) is 0.467. The Labute approximate surface area is 129 Å². The number of hydrogen-bond acceptors (Lipinski definition) is 5. The van der Waals surface area contributed by atoms with Crippen LogP contribution in [0.5, 0.6) is 0 Å². The summed E-state index contributed by atoms with van der Waals surface area (Å²) in [7, 11) is 1.29. The van der Waals surface area contributed by atoms with Crippen LogP contribution in [0.15, 0.2) is 24.3 Å². The summed E-state index contributed by atoms with van der Waals surface area (Å²) in [4.78, 5) is 22.9. The van der Waals surface area contributed by atoms with E-state index in [0.29, 0.717) is 11.7 Å². The molecule has 0 bridgehead atoms. The van der Waals surface area contributed by atoms with Gasteiger partial charge in [0.15, 0.2) is 0 Å². The van der Waals surface area contributed by atoms with Crippen LogP contribution in [0, 0.1) is 0 Å². The maximum atomic E-state index is 11.8. The van der Waals surface area contributed by atoms with Crippen LogP contribution in [0.25, 0.3) is 0 Å². The van der Waals surface area contributed by atoms with Crippen molar-refractivity contribution < 1.29 is 14.3 Å². The predicted octanol–water partition coefficient (Wildman–Crippen LogP) is 1.98. The van der Waals surface area contributed by atoms with Gasteiger partial charge in [0.05, 0.1) is 12.9 Å². The van der Waals surface area contributed by atoms with Gasteiger partial charge >= 0.3 is 5.97 Å². The Morgan fingerprint density at radius 3 is 2.43 bits per heavy atom. The Morgan fingerprint density at radius 2 is 1.90 bits per heavy atom. The van der Waals surface area contributed by atoms with Gasteiger partial charge < -0.3 is 15.8 Å². The molecular formula is C15H22N2O3S. The van der Waals surface area contributed by atoms with E-state index >= 15 is 0 Å². The number of amides is 1. The second-order valence-electron chi connectivity index (χ2n) is 4.97. The highest BCUT2D eigenvalue weighted by Crippen LogP contribution is 2.17. The van der Waals surface area contributed by atoms with E-state index in [9.17, 15) is 9.59 Å². The van der Waals surface area contributed by atoms with Crippen LogP contribution in [0.4, 0.5) is 5.69 Å². The maximum Gasteiger partial charge on any atom is 0.323 e. The van der Waals surface area contributed by atoms with Gasteiger partial charge in [0.1, 0.15) is 6.04 Å². The first-order valence-electron chi connectivity index (χ1n) is 6.75. The summed E-state index contributed by atoms with van der Waals surface area (Å²) < 4.78 is 4.52. The molecule has 1 aromatic rings. The van der Waals surface area contributed by atoms with Gasteiger partial charge in [-0.2, -0.15) is 0 Å². The first kappa shape index (κ1) is 17.5. The third-order valence-electron chi connectivity index (χ3n) is 2.90. The summed E-state index contributed by atoms with van der Waals surface area (Å²) in [5, 5.41) is 2.81. The molecule has 1 amide bonds. The molecule has 116 valence electrons. The normalized spacial score (nSPS) is 12.0. The van der Waals surface area contributed by atoms with Gasteiger partial charge in [0, 0.05) is 11.4 Å². The fourth-order valence-corrected chi connectivity index (χ4v) is 2.41. The molecule has 0 saturated heterocycles. The van der Waals surface area contributed by atoms with E-state index in [4.69, 9.17) is 5.73 Å². The largest absolute Gasteiger partial charge is 0.468 e. The van der Waals surface area contributed by atoms with Crippen LogP contribution in [0.1, 0.15) is 25.3 Å².